The molecule has 0 bridgehead atoms. The van der Waals surface area contributed by atoms with Crippen molar-refractivity contribution < 1.29 is 13.9 Å². The Balaban J connectivity index is 1.54. The van der Waals surface area contributed by atoms with E-state index in [1.807, 2.05) is 11.5 Å². The number of rotatable bonds is 6. The lowest BCUT2D eigenvalue weighted by Gasteiger charge is -2.35. The van der Waals surface area contributed by atoms with Gasteiger partial charge in [0, 0.05) is 29.1 Å². The first-order chi connectivity index (χ1) is 17.6. The second kappa shape index (κ2) is 10.2. The average molecular weight is 550 g/mol. The van der Waals surface area contributed by atoms with Crippen molar-refractivity contribution >= 4 is 57.9 Å². The minimum Gasteiger partial charge on any atom is -0.381 e. The van der Waals surface area contributed by atoms with Gasteiger partial charge in [0.2, 0.25) is 17.8 Å². The first-order valence-corrected chi connectivity index (χ1v) is 13.2. The Morgan fingerprint density at radius 3 is 2.68 bits per heavy atom. The van der Waals surface area contributed by atoms with E-state index in [9.17, 15) is 9.18 Å². The fourth-order valence-electron chi connectivity index (χ4n) is 5.17. The van der Waals surface area contributed by atoms with Crippen LogP contribution < -0.4 is 16.4 Å². The van der Waals surface area contributed by atoms with Crippen LogP contribution in [0.2, 0.25) is 10.0 Å². The lowest BCUT2D eigenvalue weighted by atomic mass is 9.73. The van der Waals surface area contributed by atoms with E-state index in [1.54, 1.807) is 6.20 Å². The van der Waals surface area contributed by atoms with Crippen LogP contribution in [0.1, 0.15) is 52.0 Å². The summed E-state index contributed by atoms with van der Waals surface area (Å²) in [5.74, 6) is 0.302. The average Bonchev–Trinajstić information content (AvgIpc) is 3.20. The van der Waals surface area contributed by atoms with Crippen molar-refractivity contribution in [2.24, 2.45) is 17.1 Å². The third-order valence-electron chi connectivity index (χ3n) is 7.65. The molecular weight excluding hydrogens is 520 g/mol. The number of primary amides is 1. The van der Waals surface area contributed by atoms with Crippen LogP contribution in [0.3, 0.4) is 0 Å². The highest BCUT2D eigenvalue weighted by Gasteiger charge is 2.38. The summed E-state index contributed by atoms with van der Waals surface area (Å²) in [7, 11) is 0. The van der Waals surface area contributed by atoms with E-state index in [-0.39, 0.29) is 33.7 Å². The monoisotopic (exact) mass is 549 g/mol. The van der Waals surface area contributed by atoms with Crippen LogP contribution in [0.4, 0.5) is 22.0 Å². The molecule has 2 aliphatic rings. The molecule has 2 aromatic heterocycles. The third-order valence-corrected chi connectivity index (χ3v) is 8.17. The summed E-state index contributed by atoms with van der Waals surface area (Å²) in [6.45, 7) is 5.40. The number of hydrogen-bond acceptors (Lipinski definition) is 7. The second-order valence-corrected chi connectivity index (χ2v) is 11.2. The molecule has 0 radical (unpaired) electrons. The number of carbonyl (C=O) groups excluding carboxylic acids is 1. The molecule has 0 spiro atoms. The lowest BCUT2D eigenvalue weighted by molar-refractivity contribution is -0.128. The maximum absolute atomic E-state index is 14.8. The molecule has 2 fully saturated rings. The van der Waals surface area contributed by atoms with Gasteiger partial charge in [-0.15, -0.1) is 0 Å². The Hall–Kier alpha value is -2.69. The number of amides is 1. The standard InChI is InChI=1S/C25H30Cl2FN7O2/c1-13-12-37-8-5-18(13)31-23-30-11-19-21(34-23)35(15-3-6-25(2,7-4-15)22(29)36)24(32-19)33-20-16(27)9-14(26)10-17(20)28/h9-11,13,15,18H,3-8,12H2,1-2H3,(H2,29,36)(H,32,33)(H,30,31,34)/t13-,15-,18-,25+/m1/s1. The van der Waals surface area contributed by atoms with E-state index in [1.165, 1.54) is 12.1 Å². The van der Waals surface area contributed by atoms with E-state index in [2.05, 4.69) is 22.5 Å². The predicted molar refractivity (Wildman–Crippen MR) is 142 cm³/mol. The Morgan fingerprint density at radius 1 is 1.24 bits per heavy atom. The number of ether oxygens (including phenoxy) is 1. The van der Waals surface area contributed by atoms with Crippen molar-refractivity contribution in [1.82, 2.24) is 19.5 Å². The molecular formula is C25H30Cl2FN7O2. The summed E-state index contributed by atoms with van der Waals surface area (Å²) >= 11 is 12.3. The van der Waals surface area contributed by atoms with Gasteiger partial charge in [0.05, 0.1) is 23.5 Å². The van der Waals surface area contributed by atoms with Crippen LogP contribution in [0.15, 0.2) is 18.3 Å². The smallest absolute Gasteiger partial charge is 0.224 e. The number of fused-ring (bicyclic) bond motifs is 1. The molecule has 1 saturated carbocycles. The number of hydrogen-bond donors (Lipinski definition) is 3. The van der Waals surface area contributed by atoms with Gasteiger partial charge in [-0.05, 0) is 50.2 Å². The van der Waals surface area contributed by atoms with Gasteiger partial charge in [-0.2, -0.15) is 4.98 Å². The Kier molecular flexibility index (Phi) is 7.17. The maximum atomic E-state index is 14.8. The minimum atomic E-state index is -0.594. The van der Waals surface area contributed by atoms with Crippen LogP contribution >= 0.6 is 23.2 Å². The predicted octanol–water partition coefficient (Wildman–Crippen LogP) is 5.46. The zero-order valence-corrected chi connectivity index (χ0v) is 22.2. The first-order valence-electron chi connectivity index (χ1n) is 12.5. The van der Waals surface area contributed by atoms with Gasteiger partial charge in [0.1, 0.15) is 11.3 Å². The molecule has 1 amide bonds. The van der Waals surface area contributed by atoms with Gasteiger partial charge < -0.3 is 21.1 Å². The van der Waals surface area contributed by atoms with Crippen molar-refractivity contribution in [2.45, 2.75) is 58.0 Å². The zero-order valence-electron chi connectivity index (χ0n) is 20.7. The summed E-state index contributed by atoms with van der Waals surface area (Å²) in [4.78, 5) is 26.0. The number of nitrogens with zero attached hydrogens (tertiary/aromatic N) is 4. The molecule has 5 rings (SSSR count). The molecule has 1 aliphatic carbocycles. The highest BCUT2D eigenvalue weighted by molar-refractivity contribution is 6.36. The molecule has 37 heavy (non-hydrogen) atoms. The first kappa shape index (κ1) is 25.9. The molecule has 1 aromatic carbocycles. The molecule has 9 nitrogen and oxygen atoms in total. The number of carbonyl (C=O) groups is 1. The number of imidazole rings is 1. The van der Waals surface area contributed by atoms with Gasteiger partial charge in [-0.3, -0.25) is 9.36 Å². The molecule has 4 N–H and O–H groups in total. The van der Waals surface area contributed by atoms with Gasteiger partial charge in [0.15, 0.2) is 5.65 Å². The summed E-state index contributed by atoms with van der Waals surface area (Å²) in [6, 6.07) is 2.81. The molecule has 12 heteroatoms. The van der Waals surface area contributed by atoms with E-state index in [0.29, 0.717) is 67.9 Å². The van der Waals surface area contributed by atoms with Crippen molar-refractivity contribution in [2.75, 3.05) is 23.8 Å². The van der Waals surface area contributed by atoms with Crippen LogP contribution in [0.5, 0.6) is 0 Å². The summed E-state index contributed by atoms with van der Waals surface area (Å²) in [6.07, 6.45) is 5.13. The zero-order chi connectivity index (χ0) is 26.3. The second-order valence-electron chi connectivity index (χ2n) is 10.3. The van der Waals surface area contributed by atoms with Crippen LogP contribution in [-0.2, 0) is 9.53 Å². The quantitative estimate of drug-likeness (QED) is 0.373. The Bertz CT molecular complexity index is 1300. The highest BCUT2D eigenvalue weighted by Crippen LogP contribution is 2.43. The van der Waals surface area contributed by atoms with Gasteiger partial charge in [-0.25, -0.2) is 14.4 Å². The van der Waals surface area contributed by atoms with Gasteiger partial charge >= 0.3 is 0 Å². The largest absolute Gasteiger partial charge is 0.381 e. The molecule has 198 valence electrons. The van der Waals surface area contributed by atoms with Crippen molar-refractivity contribution in [3.05, 3.63) is 34.2 Å². The van der Waals surface area contributed by atoms with Gasteiger partial charge in [-0.1, -0.05) is 37.0 Å². The topological polar surface area (TPSA) is 120 Å². The number of nitrogens with one attached hydrogen (secondary N) is 2. The number of nitrogens with two attached hydrogens (primary N) is 1. The SMILES string of the molecule is C[C@@H]1COCC[C@H]1Nc1ncc2nc(Nc3c(F)cc(Cl)cc3Cl)n([C@H]3CC[C@@](C)(C(N)=O)CC3)c2n1. The van der Waals surface area contributed by atoms with Crippen molar-refractivity contribution in [3.8, 4) is 0 Å². The molecule has 0 unspecified atom stereocenters. The number of benzene rings is 1. The Labute approximate surface area is 224 Å². The number of aromatic nitrogens is 4. The molecule has 3 heterocycles. The van der Waals surface area contributed by atoms with E-state index in [0.717, 1.165) is 6.42 Å². The lowest BCUT2D eigenvalue weighted by Crippen LogP contribution is -2.38. The summed E-state index contributed by atoms with van der Waals surface area (Å²) < 4.78 is 22.3. The highest BCUT2D eigenvalue weighted by atomic mass is 35.5. The van der Waals surface area contributed by atoms with Crippen LogP contribution in [-0.4, -0.2) is 44.7 Å². The molecule has 3 aromatic rings. The summed E-state index contributed by atoms with van der Waals surface area (Å²) in [5, 5.41) is 6.84. The fraction of sp³-hybridized carbons (Fsp3) is 0.520. The van der Waals surface area contributed by atoms with Crippen molar-refractivity contribution in [1.29, 1.82) is 0 Å². The van der Waals surface area contributed by atoms with Crippen LogP contribution in [0, 0.1) is 17.2 Å². The Morgan fingerprint density at radius 2 is 2.00 bits per heavy atom. The fourth-order valence-corrected chi connectivity index (χ4v) is 5.69. The van der Waals surface area contributed by atoms with Gasteiger partial charge in [0.25, 0.3) is 0 Å². The number of halogens is 3. The third kappa shape index (κ3) is 5.19. The van der Waals surface area contributed by atoms with E-state index >= 15 is 0 Å². The molecule has 1 aliphatic heterocycles. The maximum Gasteiger partial charge on any atom is 0.224 e. The molecule has 2 atom stereocenters. The number of anilines is 3. The van der Waals surface area contributed by atoms with Crippen LogP contribution in [0.25, 0.3) is 11.2 Å². The molecule has 1 saturated heterocycles. The van der Waals surface area contributed by atoms with E-state index < -0.39 is 11.2 Å². The minimum absolute atomic E-state index is 0.0428. The van der Waals surface area contributed by atoms with Crippen molar-refractivity contribution in [3.63, 3.8) is 0 Å². The normalized spacial score (nSPS) is 26.2. The summed E-state index contributed by atoms with van der Waals surface area (Å²) in [5.41, 5.74) is 6.35. The van der Waals surface area contributed by atoms with E-state index in [4.69, 9.17) is 43.6 Å².